The van der Waals surface area contributed by atoms with Crippen LogP contribution in [0.3, 0.4) is 0 Å². The topological polar surface area (TPSA) is 58.4 Å². The van der Waals surface area contributed by atoms with Crippen molar-refractivity contribution >= 4 is 17.3 Å². The van der Waals surface area contributed by atoms with Crippen LogP contribution in [0.4, 0.5) is 11.4 Å². The number of rotatable bonds is 5. The molecule has 0 radical (unpaired) electrons. The van der Waals surface area contributed by atoms with Gasteiger partial charge in [-0.1, -0.05) is 6.92 Å². The zero-order valence-corrected chi connectivity index (χ0v) is 10.8. The van der Waals surface area contributed by atoms with E-state index >= 15 is 0 Å². The molecule has 3 N–H and O–H groups in total. The summed E-state index contributed by atoms with van der Waals surface area (Å²) in [7, 11) is 1.97. The summed E-state index contributed by atoms with van der Waals surface area (Å²) in [6.07, 6.45) is 1.03. The Morgan fingerprint density at radius 3 is 2.71 bits per heavy atom. The Morgan fingerprint density at radius 1 is 1.41 bits per heavy atom. The number of nitrogens with two attached hydrogens (primary N) is 1. The summed E-state index contributed by atoms with van der Waals surface area (Å²) in [5.74, 6) is -0.0505. The number of anilines is 2. The summed E-state index contributed by atoms with van der Waals surface area (Å²) in [6, 6.07) is 5.38. The molecule has 17 heavy (non-hydrogen) atoms. The van der Waals surface area contributed by atoms with Crippen molar-refractivity contribution in [1.82, 2.24) is 5.32 Å². The molecular formula is C13H21N3O. The quantitative estimate of drug-likeness (QED) is 0.766. The third-order valence-electron chi connectivity index (χ3n) is 2.57. The molecule has 0 saturated carbocycles. The average Bonchev–Trinajstić information content (AvgIpc) is 2.29. The molecule has 0 unspecified atom stereocenters. The highest BCUT2D eigenvalue weighted by Gasteiger charge is 2.13. The molecule has 1 rings (SSSR count). The Hall–Kier alpha value is -1.71. The number of hydrogen-bond donors (Lipinski definition) is 2. The smallest absolute Gasteiger partial charge is 0.253 e. The van der Waals surface area contributed by atoms with E-state index in [1.54, 1.807) is 12.1 Å². The van der Waals surface area contributed by atoms with Crippen molar-refractivity contribution in [3.63, 3.8) is 0 Å². The molecule has 4 heteroatoms. The first-order valence-electron chi connectivity index (χ1n) is 5.99. The van der Waals surface area contributed by atoms with Gasteiger partial charge in [-0.25, -0.2) is 0 Å². The minimum atomic E-state index is -0.0505. The van der Waals surface area contributed by atoms with Crippen molar-refractivity contribution in [2.45, 2.75) is 20.3 Å². The summed E-state index contributed by atoms with van der Waals surface area (Å²) < 4.78 is 0. The molecule has 0 saturated heterocycles. The van der Waals surface area contributed by atoms with Crippen molar-refractivity contribution < 1.29 is 4.79 Å². The summed E-state index contributed by atoms with van der Waals surface area (Å²) in [5, 5.41) is 2.81. The molecule has 1 aromatic carbocycles. The van der Waals surface area contributed by atoms with Gasteiger partial charge in [-0.15, -0.1) is 0 Å². The summed E-state index contributed by atoms with van der Waals surface area (Å²) in [5.41, 5.74) is 8.02. The number of benzene rings is 1. The molecule has 0 heterocycles. The van der Waals surface area contributed by atoms with Gasteiger partial charge in [-0.05, 0) is 31.5 Å². The Bertz CT molecular complexity index is 390. The van der Waals surface area contributed by atoms with Crippen LogP contribution in [0.1, 0.15) is 30.6 Å². The Labute approximate surface area is 103 Å². The lowest BCUT2D eigenvalue weighted by molar-refractivity contribution is 0.0956. The molecular weight excluding hydrogens is 214 g/mol. The highest BCUT2D eigenvalue weighted by molar-refractivity contribution is 6.00. The lowest BCUT2D eigenvalue weighted by Gasteiger charge is -2.21. The monoisotopic (exact) mass is 235 g/mol. The molecule has 94 valence electrons. The third-order valence-corrected chi connectivity index (χ3v) is 2.57. The number of nitrogen functional groups attached to an aromatic ring is 1. The summed E-state index contributed by atoms with van der Waals surface area (Å²) >= 11 is 0. The van der Waals surface area contributed by atoms with Gasteiger partial charge >= 0.3 is 0 Å². The second-order valence-electron chi connectivity index (χ2n) is 4.06. The van der Waals surface area contributed by atoms with Crippen LogP contribution in [0.5, 0.6) is 0 Å². The van der Waals surface area contributed by atoms with E-state index in [1.807, 2.05) is 20.0 Å². The van der Waals surface area contributed by atoms with E-state index in [0.29, 0.717) is 17.8 Å². The summed E-state index contributed by atoms with van der Waals surface area (Å²) in [6.45, 7) is 5.54. The maximum Gasteiger partial charge on any atom is 0.253 e. The second kappa shape index (κ2) is 6.13. The van der Waals surface area contributed by atoms with Crippen LogP contribution in [-0.4, -0.2) is 26.0 Å². The van der Waals surface area contributed by atoms with Gasteiger partial charge in [0.25, 0.3) is 5.91 Å². The fourth-order valence-corrected chi connectivity index (χ4v) is 1.77. The Morgan fingerprint density at radius 2 is 2.12 bits per heavy atom. The van der Waals surface area contributed by atoms with Gasteiger partial charge in [0.05, 0.1) is 11.3 Å². The molecule has 0 fully saturated rings. The first-order chi connectivity index (χ1) is 8.10. The molecule has 0 aliphatic heterocycles. The Balaban J connectivity index is 3.07. The van der Waals surface area contributed by atoms with E-state index in [4.69, 9.17) is 5.73 Å². The molecule has 0 bridgehead atoms. The lowest BCUT2D eigenvalue weighted by Crippen LogP contribution is -2.27. The Kier molecular flexibility index (Phi) is 4.82. The van der Waals surface area contributed by atoms with Gasteiger partial charge < -0.3 is 16.0 Å². The van der Waals surface area contributed by atoms with Crippen molar-refractivity contribution in [2.75, 3.05) is 30.8 Å². The van der Waals surface area contributed by atoms with E-state index in [-0.39, 0.29) is 5.91 Å². The van der Waals surface area contributed by atoms with Gasteiger partial charge in [-0.3, -0.25) is 4.79 Å². The maximum absolute atomic E-state index is 11.9. The molecule has 0 atom stereocenters. The normalized spacial score (nSPS) is 10.1. The van der Waals surface area contributed by atoms with Crippen LogP contribution >= 0.6 is 0 Å². The van der Waals surface area contributed by atoms with E-state index in [0.717, 1.165) is 18.7 Å². The predicted molar refractivity (Wildman–Crippen MR) is 72.4 cm³/mol. The number of nitrogens with one attached hydrogen (secondary N) is 1. The molecule has 1 amide bonds. The number of nitrogens with zero attached hydrogens (tertiary/aromatic N) is 1. The molecule has 0 aliphatic carbocycles. The van der Waals surface area contributed by atoms with Crippen LogP contribution < -0.4 is 16.0 Å². The zero-order chi connectivity index (χ0) is 12.8. The van der Waals surface area contributed by atoms with Crippen molar-refractivity contribution in [2.24, 2.45) is 0 Å². The first-order valence-corrected chi connectivity index (χ1v) is 5.99. The SMILES string of the molecule is CCCN(C)c1cc(N)ccc1C(=O)NCC. The van der Waals surface area contributed by atoms with Crippen LogP contribution in [0.15, 0.2) is 18.2 Å². The average molecular weight is 235 g/mol. The standard InChI is InChI=1S/C13H21N3O/c1-4-8-16(3)12-9-10(14)6-7-11(12)13(17)15-5-2/h6-7,9H,4-5,8,14H2,1-3H3,(H,15,17). The van der Waals surface area contributed by atoms with E-state index in [2.05, 4.69) is 17.1 Å². The molecule has 4 nitrogen and oxygen atoms in total. The number of hydrogen-bond acceptors (Lipinski definition) is 3. The van der Waals surface area contributed by atoms with Gasteiger partial charge in [0.1, 0.15) is 0 Å². The predicted octanol–water partition coefficient (Wildman–Crippen LogP) is 1.86. The van der Waals surface area contributed by atoms with Crippen LogP contribution in [0.2, 0.25) is 0 Å². The van der Waals surface area contributed by atoms with Crippen LogP contribution in [0.25, 0.3) is 0 Å². The fourth-order valence-electron chi connectivity index (χ4n) is 1.77. The number of carbonyl (C=O) groups is 1. The number of carbonyl (C=O) groups excluding carboxylic acids is 1. The maximum atomic E-state index is 11.9. The van der Waals surface area contributed by atoms with Gasteiger partial charge in [0.15, 0.2) is 0 Å². The molecule has 0 aliphatic rings. The third kappa shape index (κ3) is 3.37. The van der Waals surface area contributed by atoms with E-state index in [9.17, 15) is 4.79 Å². The van der Waals surface area contributed by atoms with Crippen LogP contribution in [0, 0.1) is 0 Å². The summed E-state index contributed by atoms with van der Waals surface area (Å²) in [4.78, 5) is 14.0. The molecule has 0 aromatic heterocycles. The highest BCUT2D eigenvalue weighted by atomic mass is 16.1. The molecule has 1 aromatic rings. The second-order valence-corrected chi connectivity index (χ2v) is 4.06. The minimum Gasteiger partial charge on any atom is -0.399 e. The largest absolute Gasteiger partial charge is 0.399 e. The van der Waals surface area contributed by atoms with Crippen LogP contribution in [-0.2, 0) is 0 Å². The van der Waals surface area contributed by atoms with Gasteiger partial charge in [0, 0.05) is 25.8 Å². The molecule has 0 spiro atoms. The first kappa shape index (κ1) is 13.4. The van der Waals surface area contributed by atoms with Gasteiger partial charge in [0.2, 0.25) is 0 Å². The fraction of sp³-hybridized carbons (Fsp3) is 0.462. The highest BCUT2D eigenvalue weighted by Crippen LogP contribution is 2.22. The van der Waals surface area contributed by atoms with Crippen molar-refractivity contribution in [1.29, 1.82) is 0 Å². The lowest BCUT2D eigenvalue weighted by atomic mass is 10.1. The van der Waals surface area contributed by atoms with E-state index in [1.165, 1.54) is 0 Å². The van der Waals surface area contributed by atoms with E-state index < -0.39 is 0 Å². The van der Waals surface area contributed by atoms with Crippen molar-refractivity contribution in [3.05, 3.63) is 23.8 Å². The number of amides is 1. The van der Waals surface area contributed by atoms with Crippen molar-refractivity contribution in [3.8, 4) is 0 Å². The minimum absolute atomic E-state index is 0.0505. The zero-order valence-electron chi connectivity index (χ0n) is 10.8. The van der Waals surface area contributed by atoms with Gasteiger partial charge in [-0.2, -0.15) is 0 Å².